The number of thiazole rings is 1. The molecule has 4 aromatic rings. The van der Waals surface area contributed by atoms with Crippen LogP contribution in [-0.2, 0) is 16.1 Å². The maximum atomic E-state index is 14.1. The Bertz CT molecular complexity index is 1920. The minimum atomic E-state index is -0.770. The number of carbonyl (C=O) groups excluding carboxylic acids is 1. The van der Waals surface area contributed by atoms with Gasteiger partial charge in [0.05, 0.1) is 35.1 Å². The van der Waals surface area contributed by atoms with Gasteiger partial charge in [0.2, 0.25) is 0 Å². The molecule has 234 valence electrons. The van der Waals surface area contributed by atoms with E-state index in [1.165, 1.54) is 16.9 Å². The fraction of sp³-hybridized carbons (Fsp3) is 0.306. The summed E-state index contributed by atoms with van der Waals surface area (Å²) in [6, 6.07) is 20.5. The van der Waals surface area contributed by atoms with Crippen molar-refractivity contribution < 1.29 is 23.7 Å². The van der Waals surface area contributed by atoms with Crippen molar-refractivity contribution in [2.24, 2.45) is 4.99 Å². The van der Waals surface area contributed by atoms with E-state index in [1.54, 1.807) is 18.4 Å². The third-order valence-corrected chi connectivity index (χ3v) is 8.12. The normalized spacial score (nSPS) is 14.6. The maximum Gasteiger partial charge on any atom is 0.338 e. The summed E-state index contributed by atoms with van der Waals surface area (Å²) < 4.78 is 25.6. The van der Waals surface area contributed by atoms with Crippen molar-refractivity contribution in [2.75, 3.05) is 13.2 Å². The molecule has 5 rings (SSSR count). The molecule has 1 atom stereocenters. The molecular weight excluding hydrogens is 588 g/mol. The third kappa shape index (κ3) is 7.04. The van der Waals surface area contributed by atoms with Gasteiger partial charge in [-0.2, -0.15) is 0 Å². The first-order valence-electron chi connectivity index (χ1n) is 15.1. The van der Waals surface area contributed by atoms with Crippen molar-refractivity contribution >= 4 is 23.4 Å². The van der Waals surface area contributed by atoms with E-state index in [0.717, 1.165) is 11.1 Å². The Morgan fingerprint density at radius 3 is 2.49 bits per heavy atom. The van der Waals surface area contributed by atoms with Crippen molar-refractivity contribution in [3.8, 4) is 17.2 Å². The number of rotatable bonds is 11. The fourth-order valence-corrected chi connectivity index (χ4v) is 6.32. The van der Waals surface area contributed by atoms with E-state index in [4.69, 9.17) is 23.9 Å². The number of hydrogen-bond acceptors (Lipinski definition) is 8. The highest BCUT2D eigenvalue weighted by atomic mass is 32.1. The van der Waals surface area contributed by atoms with Gasteiger partial charge in [-0.15, -0.1) is 0 Å². The summed E-state index contributed by atoms with van der Waals surface area (Å²) in [6.07, 6.45) is 1.70. The number of ether oxygens (including phenoxy) is 4. The number of benzene rings is 3. The average molecular weight is 627 g/mol. The second-order valence-corrected chi connectivity index (χ2v) is 11.9. The summed E-state index contributed by atoms with van der Waals surface area (Å²) in [5.74, 6) is 1.28. The van der Waals surface area contributed by atoms with Gasteiger partial charge in [-0.05, 0) is 76.9 Å². The van der Waals surface area contributed by atoms with Crippen LogP contribution in [0.2, 0.25) is 0 Å². The molecule has 0 saturated heterocycles. The van der Waals surface area contributed by atoms with Gasteiger partial charge in [0.25, 0.3) is 5.56 Å². The topological polar surface area (TPSA) is 88.4 Å². The van der Waals surface area contributed by atoms with E-state index in [1.807, 2.05) is 94.4 Å². The van der Waals surface area contributed by atoms with Crippen LogP contribution in [-0.4, -0.2) is 29.9 Å². The predicted molar refractivity (Wildman–Crippen MR) is 176 cm³/mol. The van der Waals surface area contributed by atoms with E-state index in [2.05, 4.69) is 6.07 Å². The lowest BCUT2D eigenvalue weighted by Crippen LogP contribution is -2.40. The van der Waals surface area contributed by atoms with E-state index in [0.29, 0.717) is 56.6 Å². The highest BCUT2D eigenvalue weighted by Gasteiger charge is 2.35. The second kappa shape index (κ2) is 14.0. The van der Waals surface area contributed by atoms with Crippen LogP contribution in [0.1, 0.15) is 62.9 Å². The average Bonchev–Trinajstić information content (AvgIpc) is 3.30. The van der Waals surface area contributed by atoms with Gasteiger partial charge in [0, 0.05) is 5.56 Å². The standard InChI is InChI=1S/C36H38N2O6S/c1-7-41-30-19-25(16-17-29(30)43-21-26-13-11-12-23(5)18-26)20-31-34(39)38-33(27-14-9-10-15-28(27)44-22(3)4)32(35(40)42-8-2)24(6)37-36(38)45-31/h9-20,22,33H,7-8,21H2,1-6H3/b31-20+/t33-/m1/s1. The smallest absolute Gasteiger partial charge is 0.338 e. The Balaban J connectivity index is 1.58. The minimum Gasteiger partial charge on any atom is -0.491 e. The zero-order valence-corrected chi connectivity index (χ0v) is 27.3. The highest BCUT2D eigenvalue weighted by molar-refractivity contribution is 7.07. The highest BCUT2D eigenvalue weighted by Crippen LogP contribution is 2.36. The Kier molecular flexibility index (Phi) is 9.88. The van der Waals surface area contributed by atoms with Crippen LogP contribution in [0.3, 0.4) is 0 Å². The first-order valence-corrected chi connectivity index (χ1v) is 15.9. The van der Waals surface area contributed by atoms with Gasteiger partial charge >= 0.3 is 5.97 Å². The first kappa shape index (κ1) is 31.8. The van der Waals surface area contributed by atoms with E-state index in [-0.39, 0.29) is 18.3 Å². The Morgan fingerprint density at radius 2 is 1.76 bits per heavy atom. The van der Waals surface area contributed by atoms with Crippen LogP contribution < -0.4 is 29.1 Å². The molecule has 1 aliphatic rings. The van der Waals surface area contributed by atoms with E-state index in [9.17, 15) is 9.59 Å². The third-order valence-electron chi connectivity index (χ3n) is 7.14. The molecule has 0 N–H and O–H groups in total. The number of aromatic nitrogens is 1. The van der Waals surface area contributed by atoms with Gasteiger partial charge in [0.1, 0.15) is 18.4 Å². The molecule has 45 heavy (non-hydrogen) atoms. The summed E-state index contributed by atoms with van der Waals surface area (Å²) in [4.78, 5) is 32.6. The van der Waals surface area contributed by atoms with Crippen LogP contribution in [0.4, 0.5) is 0 Å². The number of nitrogens with zero attached hydrogens (tertiary/aromatic N) is 2. The fourth-order valence-electron chi connectivity index (χ4n) is 5.27. The molecular formula is C36H38N2O6S. The lowest BCUT2D eigenvalue weighted by atomic mass is 9.95. The first-order chi connectivity index (χ1) is 21.7. The number of fused-ring (bicyclic) bond motifs is 1. The number of esters is 1. The molecule has 0 unspecified atom stereocenters. The number of allylic oxidation sites excluding steroid dienone is 1. The SMILES string of the molecule is CCOC(=O)C1=C(C)N=c2s/c(=C/c3ccc(OCc4cccc(C)c4)c(OCC)c3)c(=O)n2[C@@H]1c1ccccc1OC(C)C. The summed E-state index contributed by atoms with van der Waals surface area (Å²) >= 11 is 1.27. The molecule has 0 spiro atoms. The van der Waals surface area contributed by atoms with E-state index < -0.39 is 12.0 Å². The van der Waals surface area contributed by atoms with Gasteiger partial charge in [-0.25, -0.2) is 9.79 Å². The summed E-state index contributed by atoms with van der Waals surface area (Å²) in [5.41, 5.74) is 4.23. The molecule has 0 fully saturated rings. The zero-order valence-electron chi connectivity index (χ0n) is 26.5. The summed E-state index contributed by atoms with van der Waals surface area (Å²) in [5, 5.41) is 0. The van der Waals surface area contributed by atoms with Crippen molar-refractivity contribution in [1.29, 1.82) is 0 Å². The molecule has 1 aliphatic heterocycles. The second-order valence-electron chi connectivity index (χ2n) is 10.9. The molecule has 3 aromatic carbocycles. The maximum absolute atomic E-state index is 14.1. The number of hydrogen-bond donors (Lipinski definition) is 0. The van der Waals surface area contributed by atoms with Crippen LogP contribution >= 0.6 is 11.3 Å². The largest absolute Gasteiger partial charge is 0.491 e. The molecule has 0 saturated carbocycles. The Labute approximate surface area is 266 Å². The molecule has 8 nitrogen and oxygen atoms in total. The minimum absolute atomic E-state index is 0.110. The van der Waals surface area contributed by atoms with Crippen molar-refractivity contribution in [3.63, 3.8) is 0 Å². The lowest BCUT2D eigenvalue weighted by Gasteiger charge is -2.26. The Hall–Kier alpha value is -4.63. The monoisotopic (exact) mass is 626 g/mol. The van der Waals surface area contributed by atoms with Crippen LogP contribution in [0.25, 0.3) is 6.08 Å². The van der Waals surface area contributed by atoms with Crippen molar-refractivity contribution in [2.45, 2.75) is 60.3 Å². The van der Waals surface area contributed by atoms with Crippen LogP contribution in [0, 0.1) is 6.92 Å². The molecule has 2 heterocycles. The van der Waals surface area contributed by atoms with Gasteiger partial charge in [-0.3, -0.25) is 9.36 Å². The number of aryl methyl sites for hydroxylation is 1. The van der Waals surface area contributed by atoms with Crippen LogP contribution in [0.5, 0.6) is 17.2 Å². The van der Waals surface area contributed by atoms with Crippen LogP contribution in [0.15, 0.2) is 87.8 Å². The molecule has 1 aromatic heterocycles. The Morgan fingerprint density at radius 1 is 0.956 bits per heavy atom. The summed E-state index contributed by atoms with van der Waals surface area (Å²) in [7, 11) is 0. The van der Waals surface area contributed by atoms with E-state index >= 15 is 0 Å². The molecule has 0 aliphatic carbocycles. The number of carbonyl (C=O) groups is 1. The molecule has 0 bridgehead atoms. The van der Waals surface area contributed by atoms with Crippen molar-refractivity contribution in [3.05, 3.63) is 120 Å². The lowest BCUT2D eigenvalue weighted by molar-refractivity contribution is -0.139. The predicted octanol–water partition coefficient (Wildman–Crippen LogP) is 5.87. The molecule has 9 heteroatoms. The van der Waals surface area contributed by atoms with Gasteiger partial charge in [0.15, 0.2) is 16.3 Å². The van der Waals surface area contributed by atoms with Gasteiger partial charge in [-0.1, -0.05) is 65.4 Å². The zero-order chi connectivity index (χ0) is 32.1. The van der Waals surface area contributed by atoms with Gasteiger partial charge < -0.3 is 18.9 Å². The molecule has 0 radical (unpaired) electrons. The quantitative estimate of drug-likeness (QED) is 0.194. The van der Waals surface area contributed by atoms with Crippen molar-refractivity contribution in [1.82, 2.24) is 4.57 Å². The number of para-hydroxylation sites is 1. The summed E-state index contributed by atoms with van der Waals surface area (Å²) in [6.45, 7) is 12.4. The molecule has 0 amide bonds.